The van der Waals surface area contributed by atoms with Gasteiger partial charge in [0.25, 0.3) is 0 Å². The number of likely N-dealkylation sites (tertiary alicyclic amines) is 1. The van der Waals surface area contributed by atoms with Crippen LogP contribution in [0.15, 0.2) is 30.3 Å². The molecule has 88 valence electrons. The van der Waals surface area contributed by atoms with Gasteiger partial charge in [0.2, 0.25) is 0 Å². The second-order valence-electron chi connectivity index (χ2n) is 5.04. The summed E-state index contributed by atoms with van der Waals surface area (Å²) in [6.07, 6.45) is 0. The van der Waals surface area contributed by atoms with Crippen molar-refractivity contribution < 1.29 is 0 Å². The molecule has 3 rings (SSSR count). The average Bonchev–Trinajstić information content (AvgIpc) is 2.91. The minimum absolute atomic E-state index is 0.869. The molecule has 2 atom stereocenters. The molecule has 2 aliphatic rings. The Morgan fingerprint density at radius 1 is 1.12 bits per heavy atom. The predicted molar refractivity (Wildman–Crippen MR) is 69.6 cm³/mol. The summed E-state index contributed by atoms with van der Waals surface area (Å²) in [6, 6.07) is 10.2. The summed E-state index contributed by atoms with van der Waals surface area (Å²) in [4.78, 5) is 2.49. The first-order valence-electron chi connectivity index (χ1n) is 6.39. The van der Waals surface area contributed by atoms with E-state index in [9.17, 15) is 0 Å². The molecule has 2 saturated heterocycles. The van der Waals surface area contributed by atoms with Gasteiger partial charge in [-0.05, 0) is 37.1 Å². The molecule has 2 heteroatoms. The van der Waals surface area contributed by atoms with Crippen LogP contribution in [0.25, 0.3) is 0 Å². The number of rotatable bonds is 1. The lowest BCUT2D eigenvalue weighted by molar-refractivity contribution is 0.351. The fourth-order valence-corrected chi connectivity index (χ4v) is 2.86. The van der Waals surface area contributed by atoms with Crippen LogP contribution in [0, 0.1) is 23.7 Å². The van der Waals surface area contributed by atoms with Gasteiger partial charge in [-0.3, -0.25) is 4.90 Å². The normalized spacial score (nSPS) is 27.5. The van der Waals surface area contributed by atoms with Crippen molar-refractivity contribution in [3.8, 4) is 11.8 Å². The summed E-state index contributed by atoms with van der Waals surface area (Å²) >= 11 is 0. The third kappa shape index (κ3) is 2.52. The molecule has 2 heterocycles. The summed E-state index contributed by atoms with van der Waals surface area (Å²) < 4.78 is 0. The third-order valence-electron chi connectivity index (χ3n) is 3.77. The molecule has 1 aromatic rings. The summed E-state index contributed by atoms with van der Waals surface area (Å²) in [5, 5.41) is 3.46. The summed E-state index contributed by atoms with van der Waals surface area (Å²) in [7, 11) is 0. The highest BCUT2D eigenvalue weighted by molar-refractivity contribution is 5.33. The molecule has 1 N–H and O–H groups in total. The zero-order chi connectivity index (χ0) is 11.5. The van der Waals surface area contributed by atoms with Crippen LogP contribution < -0.4 is 5.32 Å². The van der Waals surface area contributed by atoms with Crippen molar-refractivity contribution in [2.45, 2.75) is 0 Å². The molecule has 2 aliphatic heterocycles. The standard InChI is InChI=1S/C15H18N2/c1-2-5-13(6-3-1)7-4-8-17-11-14-9-16-10-15(14)12-17/h1-3,5-6,14-16H,8-12H2/t14-,15+. The fourth-order valence-electron chi connectivity index (χ4n) is 2.86. The van der Waals surface area contributed by atoms with Crippen LogP contribution in [-0.4, -0.2) is 37.6 Å². The van der Waals surface area contributed by atoms with E-state index in [2.05, 4.69) is 34.2 Å². The van der Waals surface area contributed by atoms with Gasteiger partial charge >= 0.3 is 0 Å². The summed E-state index contributed by atoms with van der Waals surface area (Å²) in [5.41, 5.74) is 1.12. The number of nitrogens with zero attached hydrogens (tertiary/aromatic N) is 1. The minimum Gasteiger partial charge on any atom is -0.316 e. The van der Waals surface area contributed by atoms with Crippen molar-refractivity contribution in [3.63, 3.8) is 0 Å². The van der Waals surface area contributed by atoms with Crippen molar-refractivity contribution >= 4 is 0 Å². The van der Waals surface area contributed by atoms with Gasteiger partial charge in [-0.2, -0.15) is 0 Å². The van der Waals surface area contributed by atoms with Gasteiger partial charge in [-0.1, -0.05) is 30.0 Å². The summed E-state index contributed by atoms with van der Waals surface area (Å²) in [6.45, 7) is 5.77. The highest BCUT2D eigenvalue weighted by Crippen LogP contribution is 2.25. The molecule has 0 radical (unpaired) electrons. The van der Waals surface area contributed by atoms with E-state index in [1.807, 2.05) is 18.2 Å². The van der Waals surface area contributed by atoms with Crippen molar-refractivity contribution in [2.75, 3.05) is 32.7 Å². The van der Waals surface area contributed by atoms with Crippen molar-refractivity contribution in [3.05, 3.63) is 35.9 Å². The maximum Gasteiger partial charge on any atom is 0.0605 e. The number of nitrogens with one attached hydrogen (secondary N) is 1. The Labute approximate surface area is 103 Å². The molecule has 0 spiro atoms. The molecule has 0 saturated carbocycles. The second-order valence-corrected chi connectivity index (χ2v) is 5.04. The molecule has 2 nitrogen and oxygen atoms in total. The maximum atomic E-state index is 3.46. The van der Waals surface area contributed by atoms with Gasteiger partial charge in [0.1, 0.15) is 0 Å². The molecule has 0 unspecified atom stereocenters. The topological polar surface area (TPSA) is 15.3 Å². The molecule has 0 bridgehead atoms. The van der Waals surface area contributed by atoms with Gasteiger partial charge in [0, 0.05) is 18.7 Å². The molecule has 17 heavy (non-hydrogen) atoms. The van der Waals surface area contributed by atoms with E-state index in [-0.39, 0.29) is 0 Å². The summed E-state index contributed by atoms with van der Waals surface area (Å²) in [5.74, 6) is 8.26. The average molecular weight is 226 g/mol. The van der Waals surface area contributed by atoms with Gasteiger partial charge in [-0.15, -0.1) is 0 Å². The monoisotopic (exact) mass is 226 g/mol. The first-order valence-corrected chi connectivity index (χ1v) is 6.39. The van der Waals surface area contributed by atoms with E-state index >= 15 is 0 Å². The van der Waals surface area contributed by atoms with Crippen LogP contribution in [0.3, 0.4) is 0 Å². The van der Waals surface area contributed by atoms with Crippen LogP contribution in [-0.2, 0) is 0 Å². The van der Waals surface area contributed by atoms with E-state index in [1.165, 1.54) is 26.2 Å². The van der Waals surface area contributed by atoms with Crippen LogP contribution >= 0.6 is 0 Å². The van der Waals surface area contributed by atoms with Crippen molar-refractivity contribution in [2.24, 2.45) is 11.8 Å². The second kappa shape index (κ2) is 4.91. The fraction of sp³-hybridized carbons (Fsp3) is 0.467. The highest BCUT2D eigenvalue weighted by Gasteiger charge is 2.35. The van der Waals surface area contributed by atoms with E-state index in [4.69, 9.17) is 0 Å². The van der Waals surface area contributed by atoms with E-state index in [1.54, 1.807) is 0 Å². The first kappa shape index (κ1) is 10.8. The van der Waals surface area contributed by atoms with Crippen LogP contribution in [0.4, 0.5) is 0 Å². The molecule has 2 fully saturated rings. The van der Waals surface area contributed by atoms with E-state index in [0.717, 1.165) is 23.9 Å². The molecule has 0 aliphatic carbocycles. The highest BCUT2D eigenvalue weighted by atomic mass is 15.2. The van der Waals surface area contributed by atoms with Crippen molar-refractivity contribution in [1.82, 2.24) is 10.2 Å². The van der Waals surface area contributed by atoms with Gasteiger partial charge < -0.3 is 5.32 Å². The number of hydrogen-bond acceptors (Lipinski definition) is 2. The zero-order valence-corrected chi connectivity index (χ0v) is 10.0. The Balaban J connectivity index is 1.54. The quantitative estimate of drug-likeness (QED) is 0.724. The molecular weight excluding hydrogens is 208 g/mol. The van der Waals surface area contributed by atoms with Crippen LogP contribution in [0.5, 0.6) is 0 Å². The van der Waals surface area contributed by atoms with Gasteiger partial charge in [0.15, 0.2) is 0 Å². The Morgan fingerprint density at radius 2 is 1.82 bits per heavy atom. The number of benzene rings is 1. The lowest BCUT2D eigenvalue weighted by atomic mass is 10.0. The molecule has 1 aromatic carbocycles. The van der Waals surface area contributed by atoms with Crippen LogP contribution in [0.2, 0.25) is 0 Å². The molecular formula is C15H18N2. The molecule has 0 aromatic heterocycles. The van der Waals surface area contributed by atoms with E-state index in [0.29, 0.717) is 0 Å². The van der Waals surface area contributed by atoms with Gasteiger partial charge in [-0.25, -0.2) is 0 Å². The molecule has 0 amide bonds. The minimum atomic E-state index is 0.869. The SMILES string of the molecule is C(#Cc1ccccc1)CN1C[C@H]2CNC[C@H]2C1. The zero-order valence-electron chi connectivity index (χ0n) is 10.0. The Kier molecular flexibility index (Phi) is 3.13. The Hall–Kier alpha value is -1.30. The largest absolute Gasteiger partial charge is 0.316 e. The predicted octanol–water partition coefficient (Wildman–Crippen LogP) is 1.19. The first-order chi connectivity index (χ1) is 8.42. The lowest BCUT2D eigenvalue weighted by Crippen LogP contribution is -2.26. The van der Waals surface area contributed by atoms with E-state index < -0.39 is 0 Å². The maximum absolute atomic E-state index is 3.46. The Morgan fingerprint density at radius 3 is 2.53 bits per heavy atom. The smallest absolute Gasteiger partial charge is 0.0605 e. The van der Waals surface area contributed by atoms with Crippen LogP contribution in [0.1, 0.15) is 5.56 Å². The van der Waals surface area contributed by atoms with Crippen molar-refractivity contribution in [1.29, 1.82) is 0 Å². The third-order valence-corrected chi connectivity index (χ3v) is 3.77. The number of fused-ring (bicyclic) bond motifs is 1. The Bertz CT molecular complexity index is 417. The lowest BCUT2D eigenvalue weighted by Gasteiger charge is -2.12. The number of hydrogen-bond donors (Lipinski definition) is 1. The van der Waals surface area contributed by atoms with Gasteiger partial charge in [0.05, 0.1) is 6.54 Å².